The number of rotatable bonds is 9. The fourth-order valence-corrected chi connectivity index (χ4v) is 4.74. The number of carbonyl (C=O) groups is 1. The van der Waals surface area contributed by atoms with Crippen molar-refractivity contribution < 1.29 is 31.1 Å². The summed E-state index contributed by atoms with van der Waals surface area (Å²) in [5.74, 6) is -0.398. The standard InChI is InChI=1S/C25H25F3N2O4S/c1-3-34-23-14-13-19(15-17(23)2)35(32,33)30-22(16-18-9-5-4-6-10-18)24(31)29-21-12-8-7-11-20(21)25(26,27)28/h4-15,22,30H,3,16H2,1-2H3,(H,29,31). The molecule has 3 aromatic rings. The van der Waals surface area contributed by atoms with E-state index in [0.29, 0.717) is 23.5 Å². The minimum Gasteiger partial charge on any atom is -0.494 e. The maximum atomic E-state index is 13.4. The second kappa shape index (κ2) is 10.9. The van der Waals surface area contributed by atoms with Crippen LogP contribution in [0.5, 0.6) is 5.75 Å². The van der Waals surface area contributed by atoms with E-state index in [-0.39, 0.29) is 11.3 Å². The van der Waals surface area contributed by atoms with Gasteiger partial charge in [-0.3, -0.25) is 4.79 Å². The van der Waals surface area contributed by atoms with Gasteiger partial charge >= 0.3 is 6.18 Å². The number of carbonyl (C=O) groups excluding carboxylic acids is 1. The molecule has 0 aliphatic heterocycles. The van der Waals surface area contributed by atoms with E-state index in [4.69, 9.17) is 4.74 Å². The highest BCUT2D eigenvalue weighted by Crippen LogP contribution is 2.34. The molecule has 0 aliphatic rings. The number of aryl methyl sites for hydroxylation is 1. The summed E-state index contributed by atoms with van der Waals surface area (Å²) in [5.41, 5.74) is -0.281. The predicted octanol–water partition coefficient (Wildman–Crippen LogP) is 4.94. The van der Waals surface area contributed by atoms with E-state index in [2.05, 4.69) is 10.0 Å². The van der Waals surface area contributed by atoms with Gasteiger partial charge in [-0.2, -0.15) is 17.9 Å². The third kappa shape index (κ3) is 6.83. The molecule has 0 aliphatic carbocycles. The molecule has 35 heavy (non-hydrogen) atoms. The number of sulfonamides is 1. The van der Waals surface area contributed by atoms with Crippen LogP contribution in [-0.2, 0) is 27.4 Å². The highest BCUT2D eigenvalue weighted by molar-refractivity contribution is 7.89. The second-order valence-corrected chi connectivity index (χ2v) is 9.47. The number of hydrogen-bond acceptors (Lipinski definition) is 4. The normalized spacial score (nSPS) is 12.7. The van der Waals surface area contributed by atoms with Gasteiger partial charge in [0.15, 0.2) is 0 Å². The molecule has 0 heterocycles. The number of benzene rings is 3. The summed E-state index contributed by atoms with van der Waals surface area (Å²) in [7, 11) is -4.20. The Hall–Kier alpha value is -3.37. The second-order valence-electron chi connectivity index (χ2n) is 7.76. The Morgan fingerprint density at radius 1 is 1.00 bits per heavy atom. The zero-order chi connectivity index (χ0) is 25.6. The number of hydrogen-bond donors (Lipinski definition) is 2. The minimum absolute atomic E-state index is 0.0733. The molecule has 6 nitrogen and oxygen atoms in total. The van der Waals surface area contributed by atoms with Crippen LogP contribution in [0.2, 0.25) is 0 Å². The van der Waals surface area contributed by atoms with Gasteiger partial charge in [-0.05, 0) is 61.7 Å². The molecule has 1 unspecified atom stereocenters. The molecule has 10 heteroatoms. The van der Waals surface area contributed by atoms with Gasteiger partial charge in [-0.25, -0.2) is 8.42 Å². The molecule has 186 valence electrons. The SMILES string of the molecule is CCOc1ccc(S(=O)(=O)NC(Cc2ccccc2)C(=O)Nc2ccccc2C(F)(F)F)cc1C. The molecular formula is C25H25F3N2O4S. The van der Waals surface area contributed by atoms with E-state index in [0.717, 1.165) is 12.1 Å². The Bertz CT molecular complexity index is 1280. The van der Waals surface area contributed by atoms with Gasteiger partial charge in [0.05, 0.1) is 22.8 Å². The van der Waals surface area contributed by atoms with Crippen LogP contribution in [0.3, 0.4) is 0 Å². The molecule has 1 amide bonds. The minimum atomic E-state index is -4.70. The zero-order valence-electron chi connectivity index (χ0n) is 19.1. The summed E-state index contributed by atoms with van der Waals surface area (Å²) < 4.78 is 74.2. The molecule has 1 atom stereocenters. The van der Waals surface area contributed by atoms with Gasteiger partial charge < -0.3 is 10.1 Å². The van der Waals surface area contributed by atoms with Crippen molar-refractivity contribution in [2.24, 2.45) is 0 Å². The van der Waals surface area contributed by atoms with Crippen molar-refractivity contribution in [3.8, 4) is 5.75 Å². The number of ether oxygens (including phenoxy) is 1. The molecule has 0 aromatic heterocycles. The fraction of sp³-hybridized carbons (Fsp3) is 0.240. The largest absolute Gasteiger partial charge is 0.494 e. The highest BCUT2D eigenvalue weighted by atomic mass is 32.2. The van der Waals surface area contributed by atoms with Crippen LogP contribution in [0.4, 0.5) is 18.9 Å². The van der Waals surface area contributed by atoms with E-state index < -0.39 is 39.4 Å². The van der Waals surface area contributed by atoms with E-state index in [9.17, 15) is 26.4 Å². The van der Waals surface area contributed by atoms with Crippen molar-refractivity contribution in [3.05, 3.63) is 89.5 Å². The Kier molecular flexibility index (Phi) is 8.18. The van der Waals surface area contributed by atoms with Crippen LogP contribution in [-0.4, -0.2) is 27.0 Å². The topological polar surface area (TPSA) is 84.5 Å². The van der Waals surface area contributed by atoms with Crippen LogP contribution in [0.1, 0.15) is 23.6 Å². The summed E-state index contributed by atoms with van der Waals surface area (Å²) >= 11 is 0. The van der Waals surface area contributed by atoms with Gasteiger partial charge in [-0.1, -0.05) is 42.5 Å². The first-order valence-corrected chi connectivity index (χ1v) is 12.3. The van der Waals surface area contributed by atoms with Crippen molar-refractivity contribution in [2.45, 2.75) is 37.4 Å². The van der Waals surface area contributed by atoms with Crippen molar-refractivity contribution in [1.29, 1.82) is 0 Å². The lowest BCUT2D eigenvalue weighted by Crippen LogP contribution is -2.45. The summed E-state index contributed by atoms with van der Waals surface area (Å²) in [5, 5.41) is 2.24. The van der Waals surface area contributed by atoms with Gasteiger partial charge in [-0.15, -0.1) is 0 Å². The van der Waals surface area contributed by atoms with Crippen molar-refractivity contribution in [2.75, 3.05) is 11.9 Å². The van der Waals surface area contributed by atoms with E-state index in [1.165, 1.54) is 30.3 Å². The molecule has 0 fully saturated rings. The summed E-state index contributed by atoms with van der Waals surface area (Å²) in [6.07, 6.45) is -4.77. The smallest absolute Gasteiger partial charge is 0.418 e. The molecule has 0 bridgehead atoms. The quantitative estimate of drug-likeness (QED) is 0.431. The Morgan fingerprint density at radius 3 is 2.29 bits per heavy atom. The maximum Gasteiger partial charge on any atom is 0.418 e. The van der Waals surface area contributed by atoms with Crippen molar-refractivity contribution >= 4 is 21.6 Å². The van der Waals surface area contributed by atoms with Crippen LogP contribution in [0.15, 0.2) is 77.7 Å². The van der Waals surface area contributed by atoms with Gasteiger partial charge in [0.25, 0.3) is 0 Å². The Balaban J connectivity index is 1.92. The third-order valence-electron chi connectivity index (χ3n) is 5.14. The first-order chi connectivity index (χ1) is 16.5. The molecule has 2 N–H and O–H groups in total. The van der Waals surface area contributed by atoms with E-state index in [1.807, 2.05) is 0 Å². The Labute approximate surface area is 202 Å². The molecule has 0 saturated carbocycles. The number of anilines is 1. The van der Waals surface area contributed by atoms with Crippen LogP contribution >= 0.6 is 0 Å². The predicted molar refractivity (Wildman–Crippen MR) is 127 cm³/mol. The van der Waals surface area contributed by atoms with Crippen LogP contribution < -0.4 is 14.8 Å². The number of halogens is 3. The monoisotopic (exact) mass is 506 g/mol. The Morgan fingerprint density at radius 2 is 1.66 bits per heavy atom. The number of nitrogens with one attached hydrogen (secondary N) is 2. The maximum absolute atomic E-state index is 13.4. The number of amides is 1. The number of para-hydroxylation sites is 1. The van der Waals surface area contributed by atoms with E-state index >= 15 is 0 Å². The summed E-state index contributed by atoms with van der Waals surface area (Å²) in [6.45, 7) is 3.89. The average molecular weight is 507 g/mol. The molecule has 0 radical (unpaired) electrons. The van der Waals surface area contributed by atoms with Crippen LogP contribution in [0.25, 0.3) is 0 Å². The average Bonchev–Trinajstić information content (AvgIpc) is 2.80. The summed E-state index contributed by atoms with van der Waals surface area (Å²) in [4.78, 5) is 13.0. The highest BCUT2D eigenvalue weighted by Gasteiger charge is 2.34. The van der Waals surface area contributed by atoms with Gasteiger partial charge in [0, 0.05) is 0 Å². The third-order valence-corrected chi connectivity index (χ3v) is 6.61. The lowest BCUT2D eigenvalue weighted by molar-refractivity contribution is -0.137. The molecule has 0 saturated heterocycles. The molecule has 3 aromatic carbocycles. The summed E-state index contributed by atoms with van der Waals surface area (Å²) in [6, 6.07) is 16.0. The molecule has 0 spiro atoms. The molecular weight excluding hydrogens is 481 g/mol. The van der Waals surface area contributed by atoms with Crippen molar-refractivity contribution in [1.82, 2.24) is 4.72 Å². The lowest BCUT2D eigenvalue weighted by Gasteiger charge is -2.21. The molecule has 3 rings (SSSR count). The lowest BCUT2D eigenvalue weighted by atomic mass is 10.1. The van der Waals surface area contributed by atoms with Gasteiger partial charge in [0.1, 0.15) is 11.8 Å². The first-order valence-electron chi connectivity index (χ1n) is 10.8. The number of alkyl halides is 3. The van der Waals surface area contributed by atoms with Crippen LogP contribution in [0, 0.1) is 6.92 Å². The first kappa shape index (κ1) is 26.2. The van der Waals surface area contributed by atoms with Gasteiger partial charge in [0.2, 0.25) is 15.9 Å². The fourth-order valence-electron chi connectivity index (χ4n) is 3.46. The zero-order valence-corrected chi connectivity index (χ0v) is 19.9. The van der Waals surface area contributed by atoms with E-state index in [1.54, 1.807) is 44.2 Å². The van der Waals surface area contributed by atoms with Crippen molar-refractivity contribution in [3.63, 3.8) is 0 Å².